The predicted molar refractivity (Wildman–Crippen MR) is 81.4 cm³/mol. The first-order valence-electron chi connectivity index (χ1n) is 6.62. The van der Waals surface area contributed by atoms with Crippen LogP contribution in [0.4, 0.5) is 0 Å². The molecule has 1 aromatic heterocycles. The Morgan fingerprint density at radius 1 is 1.63 bits per heavy atom. The molecule has 1 fully saturated rings. The van der Waals surface area contributed by atoms with Crippen molar-refractivity contribution in [3.05, 3.63) is 20.8 Å². The first-order valence-corrected chi connectivity index (χ1v) is 8.30. The number of halogens is 1. The first-order chi connectivity index (χ1) is 8.88. The van der Waals surface area contributed by atoms with E-state index in [-0.39, 0.29) is 11.9 Å². The summed E-state index contributed by atoms with van der Waals surface area (Å²) in [6.07, 6.45) is 3.20. The Kier molecular flexibility index (Phi) is 4.69. The molecule has 1 atom stereocenters. The molecule has 0 aromatic carbocycles. The van der Waals surface area contributed by atoms with Crippen LogP contribution in [-0.2, 0) is 11.2 Å². The van der Waals surface area contributed by atoms with E-state index in [0.29, 0.717) is 6.42 Å². The Labute approximate surface area is 126 Å². The van der Waals surface area contributed by atoms with E-state index in [1.54, 1.807) is 25.2 Å². The van der Waals surface area contributed by atoms with Gasteiger partial charge in [-0.25, -0.2) is 0 Å². The Balaban J connectivity index is 1.92. The maximum atomic E-state index is 12.3. The molecule has 2 rings (SSSR count). The molecule has 1 aromatic rings. The van der Waals surface area contributed by atoms with Crippen molar-refractivity contribution in [2.45, 2.75) is 51.2 Å². The van der Waals surface area contributed by atoms with Gasteiger partial charge in [0.25, 0.3) is 0 Å². The number of hydrogen-bond acceptors (Lipinski definition) is 3. The summed E-state index contributed by atoms with van der Waals surface area (Å²) in [5, 5.41) is 12.2. The molecule has 1 aliphatic rings. The van der Waals surface area contributed by atoms with E-state index in [2.05, 4.69) is 22.0 Å². The fourth-order valence-electron chi connectivity index (χ4n) is 2.66. The lowest BCUT2D eigenvalue weighted by Crippen LogP contribution is -2.48. The van der Waals surface area contributed by atoms with Crippen LogP contribution >= 0.6 is 27.3 Å². The van der Waals surface area contributed by atoms with E-state index in [9.17, 15) is 9.90 Å². The maximum Gasteiger partial charge on any atom is 0.223 e. The van der Waals surface area contributed by atoms with Gasteiger partial charge in [0.1, 0.15) is 0 Å². The van der Waals surface area contributed by atoms with E-state index in [1.807, 2.05) is 10.3 Å². The fraction of sp³-hybridized carbons (Fsp3) is 0.643. The quantitative estimate of drug-likeness (QED) is 0.910. The van der Waals surface area contributed by atoms with Crippen LogP contribution in [0, 0.1) is 0 Å². The number of carbonyl (C=O) groups is 1. The van der Waals surface area contributed by atoms with Crippen LogP contribution in [0.5, 0.6) is 0 Å². The molecule has 0 bridgehead atoms. The number of rotatable bonds is 4. The van der Waals surface area contributed by atoms with Crippen molar-refractivity contribution in [1.82, 2.24) is 4.90 Å². The molecular formula is C14H20BrNO2S. The van der Waals surface area contributed by atoms with Crippen molar-refractivity contribution in [2.75, 3.05) is 6.54 Å². The largest absolute Gasteiger partial charge is 0.388 e. The van der Waals surface area contributed by atoms with Gasteiger partial charge in [-0.3, -0.25) is 4.79 Å². The number of carbonyl (C=O) groups excluding carboxylic acids is 1. The van der Waals surface area contributed by atoms with Gasteiger partial charge in [0.15, 0.2) is 0 Å². The average molecular weight is 346 g/mol. The molecule has 0 radical (unpaired) electrons. The lowest BCUT2D eigenvalue weighted by atomic mass is 9.96. The number of aryl methyl sites for hydroxylation is 1. The molecule has 5 heteroatoms. The topological polar surface area (TPSA) is 40.5 Å². The van der Waals surface area contributed by atoms with E-state index >= 15 is 0 Å². The molecule has 106 valence electrons. The van der Waals surface area contributed by atoms with Crippen LogP contribution in [0.25, 0.3) is 0 Å². The van der Waals surface area contributed by atoms with Crippen molar-refractivity contribution in [2.24, 2.45) is 0 Å². The highest BCUT2D eigenvalue weighted by Crippen LogP contribution is 2.28. The molecule has 1 N–H and O–H groups in total. The van der Waals surface area contributed by atoms with Gasteiger partial charge in [-0.2, -0.15) is 0 Å². The molecule has 1 unspecified atom stereocenters. The monoisotopic (exact) mass is 345 g/mol. The summed E-state index contributed by atoms with van der Waals surface area (Å²) in [7, 11) is 0. The van der Waals surface area contributed by atoms with Crippen LogP contribution in [0.15, 0.2) is 15.9 Å². The Hall–Kier alpha value is -0.390. The zero-order valence-corrected chi connectivity index (χ0v) is 13.8. The molecule has 19 heavy (non-hydrogen) atoms. The van der Waals surface area contributed by atoms with E-state index in [0.717, 1.165) is 30.3 Å². The van der Waals surface area contributed by atoms with Crippen LogP contribution in [-0.4, -0.2) is 34.1 Å². The number of hydrogen-bond donors (Lipinski definition) is 1. The lowest BCUT2D eigenvalue weighted by Gasteiger charge is -2.33. The molecule has 0 aliphatic carbocycles. The summed E-state index contributed by atoms with van der Waals surface area (Å²) in [4.78, 5) is 15.4. The number of aliphatic hydroxyl groups is 1. The van der Waals surface area contributed by atoms with Gasteiger partial charge in [0.2, 0.25) is 5.91 Å². The second-order valence-corrected chi connectivity index (χ2v) is 7.54. The third kappa shape index (κ3) is 3.80. The first kappa shape index (κ1) is 15.0. The third-order valence-electron chi connectivity index (χ3n) is 3.60. The maximum absolute atomic E-state index is 12.3. The lowest BCUT2D eigenvalue weighted by molar-refractivity contribution is -0.136. The molecule has 1 aliphatic heterocycles. The normalized spacial score (nSPS) is 20.0. The third-order valence-corrected chi connectivity index (χ3v) is 5.35. The van der Waals surface area contributed by atoms with Crippen molar-refractivity contribution < 1.29 is 9.90 Å². The van der Waals surface area contributed by atoms with Gasteiger partial charge >= 0.3 is 0 Å². The Bertz CT molecular complexity index is 453. The summed E-state index contributed by atoms with van der Waals surface area (Å²) in [5.74, 6) is 0.161. The fourth-order valence-corrected chi connectivity index (χ4v) is 4.11. The zero-order valence-electron chi connectivity index (χ0n) is 11.4. The highest BCUT2D eigenvalue weighted by molar-refractivity contribution is 9.10. The van der Waals surface area contributed by atoms with Gasteiger partial charge in [-0.15, -0.1) is 11.3 Å². The van der Waals surface area contributed by atoms with Crippen molar-refractivity contribution in [3.63, 3.8) is 0 Å². The average Bonchev–Trinajstić information content (AvgIpc) is 2.93. The van der Waals surface area contributed by atoms with Crippen LogP contribution in [0.1, 0.15) is 38.0 Å². The number of nitrogens with zero attached hydrogens (tertiary/aromatic N) is 1. The molecular weight excluding hydrogens is 326 g/mol. The zero-order chi connectivity index (χ0) is 14.0. The highest BCUT2D eigenvalue weighted by Gasteiger charge is 2.37. The Morgan fingerprint density at radius 2 is 2.37 bits per heavy atom. The van der Waals surface area contributed by atoms with Gasteiger partial charge < -0.3 is 10.0 Å². The number of likely N-dealkylation sites (tertiary alicyclic amines) is 1. The van der Waals surface area contributed by atoms with Gasteiger partial charge in [-0.05, 0) is 55.1 Å². The second kappa shape index (κ2) is 5.94. The molecule has 0 saturated carbocycles. The summed E-state index contributed by atoms with van der Waals surface area (Å²) in [6, 6.07) is 2.03. The molecule has 0 spiro atoms. The smallest absolute Gasteiger partial charge is 0.223 e. The molecule has 1 amide bonds. The minimum atomic E-state index is -0.807. The summed E-state index contributed by atoms with van der Waals surface area (Å²) < 4.78 is 1.08. The van der Waals surface area contributed by atoms with Gasteiger partial charge in [0.05, 0.1) is 11.6 Å². The number of amides is 1. The van der Waals surface area contributed by atoms with Gasteiger partial charge in [-0.1, -0.05) is 0 Å². The van der Waals surface area contributed by atoms with Crippen molar-refractivity contribution in [3.8, 4) is 0 Å². The van der Waals surface area contributed by atoms with E-state index in [1.165, 1.54) is 4.88 Å². The standard InChI is InChI=1S/C14H20BrNO2S/c1-14(2,18)12-4-3-7-16(12)13(17)6-5-11-8-10(15)9-19-11/h8-9,12,18H,3-7H2,1-2H3. The summed E-state index contributed by atoms with van der Waals surface area (Å²) in [6.45, 7) is 4.36. The highest BCUT2D eigenvalue weighted by atomic mass is 79.9. The summed E-state index contributed by atoms with van der Waals surface area (Å²) >= 11 is 5.10. The molecule has 2 heterocycles. The van der Waals surface area contributed by atoms with Crippen molar-refractivity contribution >= 4 is 33.2 Å². The number of thiophene rings is 1. The van der Waals surface area contributed by atoms with E-state index < -0.39 is 5.60 Å². The second-order valence-electron chi connectivity index (χ2n) is 5.63. The minimum Gasteiger partial charge on any atom is -0.388 e. The predicted octanol–water partition coefficient (Wildman–Crippen LogP) is 3.21. The van der Waals surface area contributed by atoms with Crippen molar-refractivity contribution in [1.29, 1.82) is 0 Å². The van der Waals surface area contributed by atoms with Crippen LogP contribution in [0.3, 0.4) is 0 Å². The van der Waals surface area contributed by atoms with Crippen LogP contribution in [0.2, 0.25) is 0 Å². The SMILES string of the molecule is CC(C)(O)C1CCCN1C(=O)CCc1cc(Br)cs1. The van der Waals surface area contributed by atoms with E-state index in [4.69, 9.17) is 0 Å². The summed E-state index contributed by atoms with van der Waals surface area (Å²) in [5.41, 5.74) is -0.807. The molecule has 3 nitrogen and oxygen atoms in total. The van der Waals surface area contributed by atoms with Gasteiger partial charge in [0, 0.05) is 27.7 Å². The van der Waals surface area contributed by atoms with Crippen LogP contribution < -0.4 is 0 Å². The minimum absolute atomic E-state index is 0.0323. The molecule has 1 saturated heterocycles. The Morgan fingerprint density at radius 3 is 2.95 bits per heavy atom.